The lowest BCUT2D eigenvalue weighted by atomic mass is 9.93. The number of aryl methyl sites for hydroxylation is 2. The van der Waals surface area contributed by atoms with Crippen molar-refractivity contribution in [2.24, 2.45) is 5.73 Å². The Morgan fingerprint density at radius 1 is 0.906 bits per heavy atom. The van der Waals surface area contributed by atoms with E-state index in [-0.39, 0.29) is 25.2 Å². The molecule has 0 aliphatic rings. The fourth-order valence-electron chi connectivity index (χ4n) is 3.18. The monoisotopic (exact) mass is 457 g/mol. The van der Waals surface area contributed by atoms with Gasteiger partial charge in [0.15, 0.2) is 0 Å². The van der Waals surface area contributed by atoms with Gasteiger partial charge < -0.3 is 30.2 Å². The van der Waals surface area contributed by atoms with Gasteiger partial charge in [0, 0.05) is 6.07 Å². The summed E-state index contributed by atoms with van der Waals surface area (Å²) in [4.78, 5) is 0. The SMILES string of the molecule is COc1ccc(CCCOc2ccc(CCC(N)(CO)CO)cc2C(F)(F)F)c(OC)c1. The molecule has 0 amide bonds. The molecule has 178 valence electrons. The number of rotatable bonds is 12. The summed E-state index contributed by atoms with van der Waals surface area (Å²) in [6, 6.07) is 9.25. The van der Waals surface area contributed by atoms with E-state index in [4.69, 9.17) is 19.9 Å². The molecule has 2 aromatic rings. The second-order valence-corrected chi connectivity index (χ2v) is 7.64. The van der Waals surface area contributed by atoms with E-state index in [1.54, 1.807) is 26.4 Å². The third-order valence-electron chi connectivity index (χ3n) is 5.23. The third kappa shape index (κ3) is 7.01. The minimum atomic E-state index is -4.59. The van der Waals surface area contributed by atoms with E-state index in [9.17, 15) is 23.4 Å². The average molecular weight is 457 g/mol. The number of alkyl halides is 3. The summed E-state index contributed by atoms with van der Waals surface area (Å²) in [6.07, 6.45) is -3.21. The van der Waals surface area contributed by atoms with Crippen molar-refractivity contribution in [3.8, 4) is 17.2 Å². The van der Waals surface area contributed by atoms with Crippen molar-refractivity contribution in [3.05, 3.63) is 53.1 Å². The summed E-state index contributed by atoms with van der Waals surface area (Å²) in [7, 11) is 3.10. The van der Waals surface area contributed by atoms with Crippen molar-refractivity contribution in [3.63, 3.8) is 0 Å². The molecule has 0 saturated carbocycles. The van der Waals surface area contributed by atoms with Crippen LogP contribution in [-0.2, 0) is 19.0 Å². The molecule has 32 heavy (non-hydrogen) atoms. The molecule has 0 saturated heterocycles. The molecular formula is C23H30F3NO5. The van der Waals surface area contributed by atoms with E-state index in [2.05, 4.69) is 0 Å². The van der Waals surface area contributed by atoms with E-state index in [0.29, 0.717) is 29.9 Å². The van der Waals surface area contributed by atoms with Gasteiger partial charge in [0.2, 0.25) is 0 Å². The van der Waals surface area contributed by atoms with Crippen LogP contribution in [0.4, 0.5) is 13.2 Å². The maximum absolute atomic E-state index is 13.6. The summed E-state index contributed by atoms with van der Waals surface area (Å²) >= 11 is 0. The molecule has 0 bridgehead atoms. The van der Waals surface area contributed by atoms with Gasteiger partial charge in [-0.25, -0.2) is 0 Å². The number of hydrogen-bond donors (Lipinski definition) is 3. The molecule has 2 aromatic carbocycles. The van der Waals surface area contributed by atoms with Crippen LogP contribution in [0.1, 0.15) is 29.5 Å². The van der Waals surface area contributed by atoms with Crippen LogP contribution in [0.15, 0.2) is 36.4 Å². The number of hydrogen-bond acceptors (Lipinski definition) is 6. The third-order valence-corrected chi connectivity index (χ3v) is 5.23. The van der Waals surface area contributed by atoms with Crippen LogP contribution in [-0.4, -0.2) is 49.8 Å². The van der Waals surface area contributed by atoms with Crippen LogP contribution in [0.3, 0.4) is 0 Å². The van der Waals surface area contributed by atoms with E-state index < -0.39 is 30.5 Å². The zero-order chi connectivity index (χ0) is 23.8. The second-order valence-electron chi connectivity index (χ2n) is 7.64. The minimum absolute atomic E-state index is 0.0958. The lowest BCUT2D eigenvalue weighted by molar-refractivity contribution is -0.139. The van der Waals surface area contributed by atoms with Crippen LogP contribution < -0.4 is 19.9 Å². The highest BCUT2D eigenvalue weighted by Gasteiger charge is 2.35. The summed E-state index contributed by atoms with van der Waals surface area (Å²) in [5.41, 5.74) is 4.99. The van der Waals surface area contributed by atoms with Crippen molar-refractivity contribution in [2.75, 3.05) is 34.0 Å². The molecular weight excluding hydrogens is 427 g/mol. The highest BCUT2D eigenvalue weighted by Crippen LogP contribution is 2.37. The summed E-state index contributed by atoms with van der Waals surface area (Å²) in [5.74, 6) is 1.05. The van der Waals surface area contributed by atoms with Crippen LogP contribution in [0, 0.1) is 0 Å². The van der Waals surface area contributed by atoms with E-state index >= 15 is 0 Å². The minimum Gasteiger partial charge on any atom is -0.497 e. The predicted octanol–water partition coefficient (Wildman–Crippen LogP) is 3.35. The summed E-state index contributed by atoms with van der Waals surface area (Å²) in [6.45, 7) is -0.829. The number of methoxy groups -OCH3 is 2. The molecule has 0 aliphatic carbocycles. The Morgan fingerprint density at radius 2 is 1.62 bits per heavy atom. The molecule has 0 unspecified atom stereocenters. The second kappa shape index (κ2) is 11.4. The van der Waals surface area contributed by atoms with Crippen LogP contribution in [0.25, 0.3) is 0 Å². The van der Waals surface area contributed by atoms with Crippen molar-refractivity contribution in [2.45, 2.75) is 37.4 Å². The Bertz CT molecular complexity index is 869. The quantitative estimate of drug-likeness (QED) is 0.423. The molecule has 9 heteroatoms. The number of aliphatic hydroxyl groups is 2. The topological polar surface area (TPSA) is 94.2 Å². The Hall–Kier alpha value is -2.49. The van der Waals surface area contributed by atoms with Gasteiger partial charge in [-0.05, 0) is 55.0 Å². The molecule has 0 spiro atoms. The van der Waals surface area contributed by atoms with Gasteiger partial charge in [-0.15, -0.1) is 0 Å². The van der Waals surface area contributed by atoms with Gasteiger partial charge in [0.05, 0.1) is 45.1 Å². The normalized spacial score (nSPS) is 12.0. The molecule has 4 N–H and O–H groups in total. The molecule has 0 heterocycles. The maximum Gasteiger partial charge on any atom is 0.419 e. The van der Waals surface area contributed by atoms with Crippen molar-refractivity contribution >= 4 is 0 Å². The first-order valence-electron chi connectivity index (χ1n) is 10.2. The zero-order valence-electron chi connectivity index (χ0n) is 18.2. The van der Waals surface area contributed by atoms with Crippen LogP contribution in [0.2, 0.25) is 0 Å². The lowest BCUT2D eigenvalue weighted by Gasteiger charge is -2.24. The molecule has 0 aliphatic heterocycles. The Labute approximate surface area is 185 Å². The largest absolute Gasteiger partial charge is 0.497 e. The van der Waals surface area contributed by atoms with Crippen molar-refractivity contribution < 1.29 is 37.6 Å². The Kier molecular flexibility index (Phi) is 9.18. The van der Waals surface area contributed by atoms with Crippen molar-refractivity contribution in [1.29, 1.82) is 0 Å². The number of aliphatic hydroxyl groups excluding tert-OH is 2. The fourth-order valence-corrected chi connectivity index (χ4v) is 3.18. The van der Waals surface area contributed by atoms with E-state index in [1.807, 2.05) is 6.07 Å². The highest BCUT2D eigenvalue weighted by atomic mass is 19.4. The summed E-state index contributed by atoms with van der Waals surface area (Å²) < 4.78 is 56.6. The zero-order valence-corrected chi connectivity index (χ0v) is 18.2. The first-order valence-corrected chi connectivity index (χ1v) is 10.2. The molecule has 0 radical (unpaired) electrons. The van der Waals surface area contributed by atoms with Crippen LogP contribution in [0.5, 0.6) is 17.2 Å². The fraction of sp³-hybridized carbons (Fsp3) is 0.478. The Balaban J connectivity index is 2.03. The smallest absolute Gasteiger partial charge is 0.419 e. The first-order chi connectivity index (χ1) is 15.2. The standard InChI is InChI=1S/C23H30F3NO5/c1-30-18-7-6-17(21(13-18)31-2)4-3-11-32-20-8-5-16(12-19(20)23(24,25)26)9-10-22(27,14-28)15-29/h5-8,12-13,28-29H,3-4,9-11,14-15,27H2,1-2H3. The van der Waals surface area contributed by atoms with Gasteiger partial charge >= 0.3 is 6.18 Å². The Morgan fingerprint density at radius 3 is 2.22 bits per heavy atom. The van der Waals surface area contributed by atoms with Gasteiger partial charge in [-0.1, -0.05) is 12.1 Å². The highest BCUT2D eigenvalue weighted by molar-refractivity contribution is 5.41. The molecule has 0 atom stereocenters. The molecule has 0 fully saturated rings. The molecule has 2 rings (SSSR count). The maximum atomic E-state index is 13.6. The van der Waals surface area contributed by atoms with Crippen LogP contribution >= 0.6 is 0 Å². The van der Waals surface area contributed by atoms with Gasteiger partial charge in [0.1, 0.15) is 17.2 Å². The van der Waals surface area contributed by atoms with Gasteiger partial charge in [-0.2, -0.15) is 13.2 Å². The molecule has 6 nitrogen and oxygen atoms in total. The van der Waals surface area contributed by atoms with Gasteiger partial charge in [-0.3, -0.25) is 0 Å². The first kappa shape index (κ1) is 25.8. The number of halogens is 3. The summed E-state index contributed by atoms with van der Waals surface area (Å²) in [5, 5.41) is 18.5. The van der Waals surface area contributed by atoms with E-state index in [1.165, 1.54) is 12.1 Å². The molecule has 0 aromatic heterocycles. The average Bonchev–Trinajstić information content (AvgIpc) is 2.80. The lowest BCUT2D eigenvalue weighted by Crippen LogP contribution is -2.47. The number of ether oxygens (including phenoxy) is 3. The number of nitrogens with two attached hydrogens (primary N) is 1. The number of benzene rings is 2. The van der Waals surface area contributed by atoms with Gasteiger partial charge in [0.25, 0.3) is 0 Å². The van der Waals surface area contributed by atoms with E-state index in [0.717, 1.165) is 11.6 Å². The van der Waals surface area contributed by atoms with Crippen molar-refractivity contribution in [1.82, 2.24) is 0 Å². The predicted molar refractivity (Wildman–Crippen MR) is 114 cm³/mol.